The Balaban J connectivity index is 1.64. The van der Waals surface area contributed by atoms with Crippen LogP contribution in [0.4, 0.5) is 5.69 Å². The Labute approximate surface area is 188 Å². The van der Waals surface area contributed by atoms with E-state index in [-0.39, 0.29) is 22.2 Å². The minimum Gasteiger partial charge on any atom is -0.324 e. The summed E-state index contributed by atoms with van der Waals surface area (Å²) in [5.41, 5.74) is 2.83. The van der Waals surface area contributed by atoms with E-state index in [2.05, 4.69) is 39.3 Å². The topological polar surface area (TPSA) is 140 Å². The second kappa shape index (κ2) is 7.63. The number of hydrogen-bond acceptors (Lipinski definition) is 7. The molecule has 0 spiro atoms. The van der Waals surface area contributed by atoms with Gasteiger partial charge in [0, 0.05) is 30.3 Å². The summed E-state index contributed by atoms with van der Waals surface area (Å²) in [4.78, 5) is 21.8. The highest BCUT2D eigenvalue weighted by Crippen LogP contribution is 2.46. The van der Waals surface area contributed by atoms with Crippen LogP contribution in [0.15, 0.2) is 29.6 Å². The van der Waals surface area contributed by atoms with Gasteiger partial charge in [-0.2, -0.15) is 10.2 Å². The lowest BCUT2D eigenvalue weighted by Gasteiger charge is -2.19. The van der Waals surface area contributed by atoms with E-state index in [1.165, 1.54) is 11.2 Å². The van der Waals surface area contributed by atoms with Crippen molar-refractivity contribution < 1.29 is 4.79 Å². The molecule has 1 aliphatic carbocycles. The van der Waals surface area contributed by atoms with Crippen molar-refractivity contribution in [2.75, 3.05) is 12.4 Å². The fraction of sp³-hybridized carbons (Fsp3) is 0.316. The molecule has 31 heavy (non-hydrogen) atoms. The molecular weight excluding hydrogens is 441 g/mol. The summed E-state index contributed by atoms with van der Waals surface area (Å²) in [5.74, 6) is 10.7. The Hall–Kier alpha value is -2.95. The van der Waals surface area contributed by atoms with Gasteiger partial charge in [-0.3, -0.25) is 9.80 Å². The third-order valence-corrected chi connectivity index (χ3v) is 5.78. The molecule has 12 heteroatoms. The number of carbonyl (C=O) groups excluding carboxylic acids is 1. The van der Waals surface area contributed by atoms with Crippen LogP contribution in [-0.2, 0) is 10.2 Å². The molecular formula is C19H21Cl2N9O. The number of halogens is 2. The van der Waals surface area contributed by atoms with Crippen molar-refractivity contribution in [1.82, 2.24) is 24.6 Å². The molecule has 0 radical (unpaired) electrons. The van der Waals surface area contributed by atoms with Gasteiger partial charge in [0.15, 0.2) is 16.6 Å². The second-order valence-electron chi connectivity index (χ2n) is 8.05. The highest BCUT2D eigenvalue weighted by Gasteiger charge is 2.43. The van der Waals surface area contributed by atoms with Crippen LogP contribution in [0.1, 0.15) is 43.1 Å². The van der Waals surface area contributed by atoms with Gasteiger partial charge in [-0.05, 0) is 12.5 Å². The zero-order valence-electron chi connectivity index (χ0n) is 17.1. The first kappa shape index (κ1) is 21.3. The number of nitrogens with zero attached hydrogens (tertiary/aromatic N) is 6. The lowest BCUT2D eigenvalue weighted by atomic mass is 9.88. The SMILES string of the molecule is CN(N)/C(=N\N)c1ncc(NC(=O)C2CC(C)(C)c3c2cnc2cc(Cl)nn32)cc1Cl. The predicted octanol–water partition coefficient (Wildman–Crippen LogP) is 2.26. The molecule has 10 nitrogen and oxygen atoms in total. The number of nitrogens with two attached hydrogens (primary N) is 2. The molecule has 0 bridgehead atoms. The molecule has 1 unspecified atom stereocenters. The van der Waals surface area contributed by atoms with Gasteiger partial charge in [-0.15, -0.1) is 0 Å². The van der Waals surface area contributed by atoms with Crippen molar-refractivity contribution in [2.24, 2.45) is 16.8 Å². The molecule has 1 amide bonds. The van der Waals surface area contributed by atoms with Crippen molar-refractivity contribution in [3.05, 3.63) is 51.7 Å². The standard InChI is InChI=1S/C19H21Cl2N9O/c1-19(2)6-10(11-8-24-14-5-13(21)28-30(14)16(11)19)18(31)26-9-4-12(20)15(25-7-9)17(27-22)29(3)23/h4-5,7-8,10H,6,22-23H2,1-3H3,(H,26,31)/b27-17-. The Morgan fingerprint density at radius 3 is 2.71 bits per heavy atom. The van der Waals surface area contributed by atoms with Gasteiger partial charge >= 0.3 is 0 Å². The number of hydrogen-bond donors (Lipinski definition) is 3. The van der Waals surface area contributed by atoms with E-state index in [0.29, 0.717) is 28.6 Å². The van der Waals surface area contributed by atoms with Gasteiger partial charge in [0.2, 0.25) is 5.91 Å². The Kier molecular flexibility index (Phi) is 5.24. The van der Waals surface area contributed by atoms with E-state index in [9.17, 15) is 4.79 Å². The number of fused-ring (bicyclic) bond motifs is 3. The number of amidine groups is 1. The largest absolute Gasteiger partial charge is 0.324 e. The Bertz CT molecular complexity index is 1220. The predicted molar refractivity (Wildman–Crippen MR) is 119 cm³/mol. The quantitative estimate of drug-likeness (QED) is 0.235. The van der Waals surface area contributed by atoms with Crippen LogP contribution in [-0.4, -0.2) is 43.4 Å². The van der Waals surface area contributed by atoms with Gasteiger partial charge in [0.25, 0.3) is 0 Å². The van der Waals surface area contributed by atoms with Gasteiger partial charge in [0.1, 0.15) is 5.69 Å². The maximum atomic E-state index is 13.2. The number of aromatic nitrogens is 4. The molecule has 3 heterocycles. The molecule has 3 aromatic rings. The molecule has 1 atom stereocenters. The second-order valence-corrected chi connectivity index (χ2v) is 8.84. The number of nitrogens with one attached hydrogen (secondary N) is 1. The molecule has 162 valence electrons. The van der Waals surface area contributed by atoms with Gasteiger partial charge in [-0.1, -0.05) is 37.0 Å². The lowest BCUT2D eigenvalue weighted by Crippen LogP contribution is -2.35. The first-order valence-corrected chi connectivity index (χ1v) is 10.2. The van der Waals surface area contributed by atoms with E-state index in [1.807, 2.05) is 0 Å². The van der Waals surface area contributed by atoms with E-state index < -0.39 is 5.92 Å². The van der Waals surface area contributed by atoms with E-state index in [4.69, 9.17) is 34.9 Å². The van der Waals surface area contributed by atoms with Gasteiger partial charge in [0.05, 0.1) is 28.5 Å². The molecule has 0 aliphatic heterocycles. The number of amides is 1. The fourth-order valence-electron chi connectivity index (χ4n) is 4.02. The van der Waals surface area contributed by atoms with Crippen molar-refractivity contribution in [1.29, 1.82) is 0 Å². The molecule has 0 saturated carbocycles. The van der Waals surface area contributed by atoms with Crippen molar-refractivity contribution in [2.45, 2.75) is 31.6 Å². The molecule has 4 rings (SSSR count). The van der Waals surface area contributed by atoms with Crippen LogP contribution in [0, 0.1) is 0 Å². The molecule has 0 fully saturated rings. The monoisotopic (exact) mass is 461 g/mol. The summed E-state index contributed by atoms with van der Waals surface area (Å²) in [7, 11) is 1.57. The lowest BCUT2D eigenvalue weighted by molar-refractivity contribution is -0.117. The highest BCUT2D eigenvalue weighted by atomic mass is 35.5. The Morgan fingerprint density at radius 1 is 1.32 bits per heavy atom. The van der Waals surface area contributed by atoms with E-state index in [0.717, 1.165) is 11.3 Å². The van der Waals surface area contributed by atoms with Crippen LogP contribution in [0.2, 0.25) is 10.2 Å². The smallest absolute Gasteiger partial charge is 0.232 e. The normalized spacial score (nSPS) is 17.6. The van der Waals surface area contributed by atoms with Gasteiger partial charge in [-0.25, -0.2) is 20.3 Å². The number of hydrazine groups is 1. The molecule has 0 aromatic carbocycles. The zero-order chi connectivity index (χ0) is 22.5. The minimum absolute atomic E-state index is 0.194. The first-order valence-electron chi connectivity index (χ1n) is 9.40. The van der Waals surface area contributed by atoms with E-state index >= 15 is 0 Å². The first-order chi connectivity index (χ1) is 14.6. The Morgan fingerprint density at radius 2 is 2.06 bits per heavy atom. The summed E-state index contributed by atoms with van der Waals surface area (Å²) in [6.07, 6.45) is 3.79. The molecule has 0 saturated heterocycles. The van der Waals surface area contributed by atoms with Crippen LogP contribution < -0.4 is 17.0 Å². The number of anilines is 1. The summed E-state index contributed by atoms with van der Waals surface area (Å²) >= 11 is 12.4. The van der Waals surface area contributed by atoms with Crippen molar-refractivity contribution in [3.63, 3.8) is 0 Å². The molecule has 3 aromatic heterocycles. The summed E-state index contributed by atoms with van der Waals surface area (Å²) in [5, 5.41) is 12.6. The fourth-order valence-corrected chi connectivity index (χ4v) is 4.45. The van der Waals surface area contributed by atoms with Crippen molar-refractivity contribution in [3.8, 4) is 0 Å². The number of pyridine rings is 1. The number of carbonyl (C=O) groups is 1. The van der Waals surface area contributed by atoms with Crippen molar-refractivity contribution >= 4 is 46.3 Å². The average Bonchev–Trinajstić information content (AvgIpc) is 3.19. The molecule has 5 N–H and O–H groups in total. The summed E-state index contributed by atoms with van der Waals surface area (Å²) in [6, 6.07) is 3.27. The summed E-state index contributed by atoms with van der Waals surface area (Å²) < 4.78 is 1.72. The van der Waals surface area contributed by atoms with Gasteiger partial charge < -0.3 is 11.2 Å². The molecule has 1 aliphatic rings. The van der Waals surface area contributed by atoms with Crippen LogP contribution in [0.3, 0.4) is 0 Å². The third-order valence-electron chi connectivity index (χ3n) is 5.31. The average molecular weight is 462 g/mol. The summed E-state index contributed by atoms with van der Waals surface area (Å²) in [6.45, 7) is 4.14. The number of rotatable bonds is 3. The maximum Gasteiger partial charge on any atom is 0.232 e. The van der Waals surface area contributed by atoms with Crippen LogP contribution >= 0.6 is 23.2 Å². The van der Waals surface area contributed by atoms with Crippen LogP contribution in [0.5, 0.6) is 0 Å². The highest BCUT2D eigenvalue weighted by molar-refractivity contribution is 6.34. The third kappa shape index (κ3) is 3.67. The van der Waals surface area contributed by atoms with E-state index in [1.54, 1.807) is 29.9 Å². The maximum absolute atomic E-state index is 13.2. The number of hydrazone groups is 1. The van der Waals surface area contributed by atoms with Crippen LogP contribution in [0.25, 0.3) is 5.65 Å². The zero-order valence-corrected chi connectivity index (χ0v) is 18.6. The minimum atomic E-state index is -0.417.